The van der Waals surface area contributed by atoms with Crippen molar-refractivity contribution in [2.45, 2.75) is 19.8 Å². The van der Waals surface area contributed by atoms with Crippen LogP contribution >= 0.6 is 11.6 Å². The van der Waals surface area contributed by atoms with E-state index in [-0.39, 0.29) is 0 Å². The minimum Gasteiger partial charge on any atom is -0.398 e. The molecule has 0 saturated heterocycles. The molecule has 84 valence electrons. The molecule has 0 spiro atoms. The van der Waals surface area contributed by atoms with Crippen LogP contribution in [-0.2, 0) is 0 Å². The number of nitrogens with zero attached hydrogens (tertiary/aromatic N) is 1. The van der Waals surface area contributed by atoms with Gasteiger partial charge in [-0.3, -0.25) is 0 Å². The van der Waals surface area contributed by atoms with Gasteiger partial charge in [0.15, 0.2) is 0 Å². The molecule has 4 heteroatoms. The quantitative estimate of drug-likeness (QED) is 0.784. The van der Waals surface area contributed by atoms with Crippen LogP contribution in [0.3, 0.4) is 0 Å². The highest BCUT2D eigenvalue weighted by Crippen LogP contribution is 2.31. The van der Waals surface area contributed by atoms with E-state index in [9.17, 15) is 0 Å². The van der Waals surface area contributed by atoms with Gasteiger partial charge in [-0.2, -0.15) is 0 Å². The van der Waals surface area contributed by atoms with Crippen molar-refractivity contribution in [1.82, 2.24) is 9.97 Å². The van der Waals surface area contributed by atoms with Crippen LogP contribution in [0.4, 0.5) is 5.69 Å². The predicted octanol–water partition coefficient (Wildman–Crippen LogP) is 3.44. The van der Waals surface area contributed by atoms with E-state index in [0.717, 1.165) is 17.1 Å². The lowest BCUT2D eigenvalue weighted by Crippen LogP contribution is -1.93. The van der Waals surface area contributed by atoms with E-state index < -0.39 is 0 Å². The summed E-state index contributed by atoms with van der Waals surface area (Å²) in [5.74, 6) is 1.14. The highest BCUT2D eigenvalue weighted by Gasteiger charge is 2.12. The van der Waals surface area contributed by atoms with Crippen molar-refractivity contribution >= 4 is 17.3 Å². The summed E-state index contributed by atoms with van der Waals surface area (Å²) < 4.78 is 0. The number of aromatic amines is 1. The normalized spacial score (nSPS) is 11.0. The average Bonchev–Trinajstić information content (AvgIpc) is 2.66. The van der Waals surface area contributed by atoms with E-state index in [1.807, 2.05) is 24.4 Å². The summed E-state index contributed by atoms with van der Waals surface area (Å²) in [6, 6.07) is 5.46. The maximum absolute atomic E-state index is 6.11. The van der Waals surface area contributed by atoms with Crippen LogP contribution in [0, 0.1) is 0 Å². The Morgan fingerprint density at radius 3 is 2.69 bits per heavy atom. The number of benzene rings is 1. The largest absolute Gasteiger partial charge is 0.398 e. The second-order valence-electron chi connectivity index (χ2n) is 4.05. The van der Waals surface area contributed by atoms with E-state index in [0.29, 0.717) is 16.6 Å². The molecule has 3 nitrogen and oxygen atoms in total. The Bertz CT molecular complexity index is 482. The van der Waals surface area contributed by atoms with Crippen LogP contribution in [0.1, 0.15) is 25.5 Å². The molecule has 16 heavy (non-hydrogen) atoms. The van der Waals surface area contributed by atoms with Gasteiger partial charge in [-0.25, -0.2) is 4.98 Å². The van der Waals surface area contributed by atoms with Crippen LogP contribution in [0.2, 0.25) is 5.02 Å². The number of nitrogens with one attached hydrogen (secondary N) is 1. The summed E-state index contributed by atoms with van der Waals surface area (Å²) in [4.78, 5) is 7.54. The maximum Gasteiger partial charge on any atom is 0.141 e. The first-order valence-electron chi connectivity index (χ1n) is 5.19. The minimum absolute atomic E-state index is 0.407. The Balaban J connectivity index is 2.50. The number of H-pyrrole nitrogens is 1. The van der Waals surface area contributed by atoms with Crippen molar-refractivity contribution in [3.63, 3.8) is 0 Å². The van der Waals surface area contributed by atoms with Crippen LogP contribution in [0.25, 0.3) is 11.4 Å². The zero-order chi connectivity index (χ0) is 11.7. The zero-order valence-corrected chi connectivity index (χ0v) is 10.0. The summed E-state index contributed by atoms with van der Waals surface area (Å²) >= 11 is 6.11. The summed E-state index contributed by atoms with van der Waals surface area (Å²) in [7, 11) is 0. The second kappa shape index (κ2) is 4.18. The summed E-state index contributed by atoms with van der Waals surface area (Å²) in [6.07, 6.45) is 1.82. The van der Waals surface area contributed by atoms with Gasteiger partial charge in [0, 0.05) is 17.6 Å². The standard InChI is InChI=1S/C12H14ClN3/c1-7(2)10-6-15-12(16-10)11-8(13)4-3-5-9(11)14/h3-7H,14H2,1-2H3,(H,15,16). The van der Waals surface area contributed by atoms with Gasteiger partial charge in [-0.15, -0.1) is 0 Å². The molecule has 0 unspecified atom stereocenters. The molecule has 0 aliphatic rings. The highest BCUT2D eigenvalue weighted by molar-refractivity contribution is 6.33. The molecule has 2 rings (SSSR count). The fourth-order valence-corrected chi connectivity index (χ4v) is 1.82. The first kappa shape index (κ1) is 11.0. The Labute approximate surface area is 99.7 Å². The molecule has 1 heterocycles. The third-order valence-corrected chi connectivity index (χ3v) is 2.82. The van der Waals surface area contributed by atoms with Crippen molar-refractivity contribution in [3.8, 4) is 11.4 Å². The lowest BCUT2D eigenvalue weighted by molar-refractivity contribution is 0.833. The van der Waals surface area contributed by atoms with E-state index in [1.165, 1.54) is 0 Å². The van der Waals surface area contributed by atoms with E-state index in [4.69, 9.17) is 17.3 Å². The van der Waals surface area contributed by atoms with E-state index in [1.54, 1.807) is 0 Å². The average molecular weight is 236 g/mol. The smallest absolute Gasteiger partial charge is 0.141 e. The number of halogens is 1. The number of rotatable bonds is 2. The van der Waals surface area contributed by atoms with Crippen LogP contribution in [0.5, 0.6) is 0 Å². The second-order valence-corrected chi connectivity index (χ2v) is 4.45. The van der Waals surface area contributed by atoms with Gasteiger partial charge in [0.25, 0.3) is 0 Å². The van der Waals surface area contributed by atoms with Crippen molar-refractivity contribution < 1.29 is 0 Å². The van der Waals surface area contributed by atoms with Gasteiger partial charge >= 0.3 is 0 Å². The fraction of sp³-hybridized carbons (Fsp3) is 0.250. The predicted molar refractivity (Wildman–Crippen MR) is 67.5 cm³/mol. The van der Waals surface area contributed by atoms with Gasteiger partial charge in [0.2, 0.25) is 0 Å². The molecule has 0 fully saturated rings. The van der Waals surface area contributed by atoms with Crippen molar-refractivity contribution in [2.24, 2.45) is 0 Å². The number of hydrogen-bond donors (Lipinski definition) is 2. The summed E-state index contributed by atoms with van der Waals surface area (Å²) in [6.45, 7) is 4.21. The number of anilines is 1. The number of imidazole rings is 1. The molecule has 3 N–H and O–H groups in total. The van der Waals surface area contributed by atoms with Gasteiger partial charge in [0.1, 0.15) is 5.82 Å². The third kappa shape index (κ3) is 1.91. The minimum atomic E-state index is 0.407. The van der Waals surface area contributed by atoms with Crippen LogP contribution in [0.15, 0.2) is 24.4 Å². The summed E-state index contributed by atoms with van der Waals surface area (Å²) in [5.41, 5.74) is 8.38. The first-order valence-corrected chi connectivity index (χ1v) is 5.56. The molecular weight excluding hydrogens is 222 g/mol. The number of nitrogens with two attached hydrogens (primary N) is 1. The lowest BCUT2D eigenvalue weighted by atomic mass is 10.1. The van der Waals surface area contributed by atoms with Crippen LogP contribution in [-0.4, -0.2) is 9.97 Å². The van der Waals surface area contributed by atoms with E-state index in [2.05, 4.69) is 23.8 Å². The maximum atomic E-state index is 6.11. The SMILES string of the molecule is CC(C)c1cnc(-c2c(N)cccc2Cl)[nH]1. The monoisotopic (exact) mass is 235 g/mol. The van der Waals surface area contributed by atoms with Crippen LogP contribution < -0.4 is 5.73 Å². The van der Waals surface area contributed by atoms with Gasteiger partial charge in [-0.1, -0.05) is 31.5 Å². The molecule has 0 radical (unpaired) electrons. The Hall–Kier alpha value is -1.48. The van der Waals surface area contributed by atoms with Gasteiger partial charge in [0.05, 0.1) is 10.6 Å². The lowest BCUT2D eigenvalue weighted by Gasteiger charge is -2.05. The third-order valence-electron chi connectivity index (χ3n) is 2.50. The van der Waals surface area contributed by atoms with Gasteiger partial charge in [-0.05, 0) is 18.1 Å². The molecule has 0 aliphatic heterocycles. The molecule has 0 bridgehead atoms. The molecule has 0 aliphatic carbocycles. The number of hydrogen-bond acceptors (Lipinski definition) is 2. The Morgan fingerprint density at radius 1 is 1.38 bits per heavy atom. The molecule has 1 aromatic heterocycles. The Morgan fingerprint density at radius 2 is 2.12 bits per heavy atom. The fourth-order valence-electron chi connectivity index (χ4n) is 1.55. The molecule has 2 aromatic rings. The van der Waals surface area contributed by atoms with Crippen molar-refractivity contribution in [1.29, 1.82) is 0 Å². The summed E-state index contributed by atoms with van der Waals surface area (Å²) in [5, 5.41) is 0.615. The number of aromatic nitrogens is 2. The highest BCUT2D eigenvalue weighted by atomic mass is 35.5. The van der Waals surface area contributed by atoms with E-state index >= 15 is 0 Å². The van der Waals surface area contributed by atoms with Crippen molar-refractivity contribution in [2.75, 3.05) is 5.73 Å². The first-order chi connectivity index (χ1) is 7.59. The number of nitrogen functional groups attached to an aromatic ring is 1. The molecule has 0 atom stereocenters. The molecule has 0 saturated carbocycles. The van der Waals surface area contributed by atoms with Crippen molar-refractivity contribution in [3.05, 3.63) is 35.1 Å². The zero-order valence-electron chi connectivity index (χ0n) is 9.29. The Kier molecular flexibility index (Phi) is 2.88. The molecule has 1 aromatic carbocycles. The molecular formula is C12H14ClN3. The van der Waals surface area contributed by atoms with Gasteiger partial charge < -0.3 is 10.7 Å². The topological polar surface area (TPSA) is 54.7 Å². The molecule has 0 amide bonds.